The average Bonchev–Trinajstić information content (AvgIpc) is 3.46. The molecule has 1 aliphatic heterocycles. The van der Waals surface area contributed by atoms with Gasteiger partial charge >= 0.3 is 0 Å². The van der Waals surface area contributed by atoms with Crippen LogP contribution in [0.2, 0.25) is 0 Å². The molecule has 1 fully saturated rings. The van der Waals surface area contributed by atoms with Crippen LogP contribution >= 0.6 is 0 Å². The number of rotatable bonds is 6. The van der Waals surface area contributed by atoms with Crippen LogP contribution in [0, 0.1) is 5.92 Å². The molecule has 1 unspecified atom stereocenters. The zero-order valence-electron chi connectivity index (χ0n) is 16.0. The number of carbonyl (C=O) groups excluding carboxylic acids is 1. The number of carbonyl (C=O) groups is 1. The fourth-order valence-electron chi connectivity index (χ4n) is 3.71. The fraction of sp³-hybridized carbons (Fsp3) is 0.381. The van der Waals surface area contributed by atoms with Crippen LogP contribution in [-0.2, 0) is 16.4 Å². The van der Waals surface area contributed by atoms with Crippen LogP contribution in [0.5, 0.6) is 5.75 Å². The predicted octanol–water partition coefficient (Wildman–Crippen LogP) is 2.97. The second-order valence-corrected chi connectivity index (χ2v) is 9.28. The van der Waals surface area contributed by atoms with Gasteiger partial charge in [-0.25, -0.2) is 8.42 Å². The SMILES string of the molecule is COc1ccc(S(=O)(=O)N2CCc3ccccc32)cc1C(=O)NC(C)C1CC1. The van der Waals surface area contributed by atoms with E-state index in [2.05, 4.69) is 5.32 Å². The molecule has 0 radical (unpaired) electrons. The van der Waals surface area contributed by atoms with Crippen molar-refractivity contribution < 1.29 is 17.9 Å². The Labute approximate surface area is 165 Å². The molecule has 28 heavy (non-hydrogen) atoms. The number of nitrogens with one attached hydrogen (secondary N) is 1. The van der Waals surface area contributed by atoms with E-state index in [9.17, 15) is 13.2 Å². The summed E-state index contributed by atoms with van der Waals surface area (Å²) in [6.07, 6.45) is 2.90. The molecule has 2 aliphatic rings. The maximum Gasteiger partial charge on any atom is 0.264 e. The number of hydrogen-bond donors (Lipinski definition) is 1. The van der Waals surface area contributed by atoms with Gasteiger partial charge in [-0.1, -0.05) is 18.2 Å². The Balaban J connectivity index is 1.67. The van der Waals surface area contributed by atoms with Crippen molar-refractivity contribution in [2.45, 2.75) is 37.1 Å². The highest BCUT2D eigenvalue weighted by molar-refractivity contribution is 7.92. The van der Waals surface area contributed by atoms with Gasteiger partial charge in [0, 0.05) is 12.6 Å². The first-order valence-electron chi connectivity index (χ1n) is 9.51. The predicted molar refractivity (Wildman–Crippen MR) is 107 cm³/mol. The summed E-state index contributed by atoms with van der Waals surface area (Å²) in [6, 6.07) is 12.0. The number of hydrogen-bond acceptors (Lipinski definition) is 4. The molecule has 1 N–H and O–H groups in total. The van der Waals surface area contributed by atoms with E-state index in [0.29, 0.717) is 30.3 Å². The molecule has 2 aromatic rings. The second kappa shape index (κ2) is 7.13. The molecular weight excluding hydrogens is 376 g/mol. The number of methoxy groups -OCH3 is 1. The Morgan fingerprint density at radius 2 is 1.96 bits per heavy atom. The Hall–Kier alpha value is -2.54. The molecule has 2 aromatic carbocycles. The van der Waals surface area contributed by atoms with Gasteiger partial charge < -0.3 is 10.1 Å². The van der Waals surface area contributed by atoms with Crippen molar-refractivity contribution >= 4 is 21.6 Å². The summed E-state index contributed by atoms with van der Waals surface area (Å²) in [5.74, 6) is 0.555. The van der Waals surface area contributed by atoms with E-state index in [1.807, 2.05) is 31.2 Å². The number of sulfonamides is 1. The normalized spacial score (nSPS) is 17.1. The maximum absolute atomic E-state index is 13.3. The molecule has 148 valence electrons. The van der Waals surface area contributed by atoms with Crippen LogP contribution in [0.4, 0.5) is 5.69 Å². The van der Waals surface area contributed by atoms with Gasteiger partial charge in [-0.15, -0.1) is 0 Å². The highest BCUT2D eigenvalue weighted by atomic mass is 32.2. The summed E-state index contributed by atoms with van der Waals surface area (Å²) >= 11 is 0. The van der Waals surface area contributed by atoms with Crippen molar-refractivity contribution in [1.82, 2.24) is 5.32 Å². The molecule has 1 heterocycles. The van der Waals surface area contributed by atoms with Crippen LogP contribution in [0.1, 0.15) is 35.7 Å². The lowest BCUT2D eigenvalue weighted by Gasteiger charge is -2.21. The van der Waals surface area contributed by atoms with E-state index in [4.69, 9.17) is 4.74 Å². The third-order valence-corrected chi connectivity index (χ3v) is 7.35. The van der Waals surface area contributed by atoms with Gasteiger partial charge in [-0.3, -0.25) is 9.10 Å². The van der Waals surface area contributed by atoms with Crippen molar-refractivity contribution in [3.8, 4) is 5.75 Å². The van der Waals surface area contributed by atoms with Crippen molar-refractivity contribution in [3.05, 3.63) is 53.6 Å². The standard InChI is InChI=1S/C21H24N2O4S/c1-14(15-7-8-15)22-21(24)18-13-17(9-10-20(18)27-2)28(25,26)23-12-11-16-5-3-4-6-19(16)23/h3-6,9-10,13-15H,7-8,11-12H2,1-2H3,(H,22,24). The van der Waals surface area contributed by atoms with Crippen molar-refractivity contribution in [1.29, 1.82) is 0 Å². The minimum Gasteiger partial charge on any atom is -0.496 e. The zero-order chi connectivity index (χ0) is 19.9. The molecule has 7 heteroatoms. The summed E-state index contributed by atoms with van der Waals surface area (Å²) in [6.45, 7) is 2.37. The number of anilines is 1. The molecule has 0 aromatic heterocycles. The first-order valence-corrected chi connectivity index (χ1v) is 11.0. The van der Waals surface area contributed by atoms with Gasteiger partial charge in [-0.05, 0) is 61.9 Å². The Morgan fingerprint density at radius 1 is 1.21 bits per heavy atom. The van der Waals surface area contributed by atoms with E-state index < -0.39 is 10.0 Å². The van der Waals surface area contributed by atoms with Gasteiger partial charge in [0.25, 0.3) is 15.9 Å². The molecule has 1 aliphatic carbocycles. The molecule has 0 bridgehead atoms. The van der Waals surface area contributed by atoms with Gasteiger partial charge in [0.2, 0.25) is 0 Å². The first kappa shape index (κ1) is 18.8. The lowest BCUT2D eigenvalue weighted by atomic mass is 10.1. The number of amides is 1. The number of ether oxygens (including phenoxy) is 1. The lowest BCUT2D eigenvalue weighted by Crippen LogP contribution is -2.34. The van der Waals surface area contributed by atoms with Crippen LogP contribution in [0.3, 0.4) is 0 Å². The van der Waals surface area contributed by atoms with Crippen LogP contribution < -0.4 is 14.4 Å². The number of fused-ring (bicyclic) bond motifs is 1. The largest absolute Gasteiger partial charge is 0.496 e. The van der Waals surface area contributed by atoms with Gasteiger partial charge in [0.1, 0.15) is 5.75 Å². The first-order chi connectivity index (χ1) is 13.4. The van der Waals surface area contributed by atoms with Crippen molar-refractivity contribution in [2.24, 2.45) is 5.92 Å². The Bertz CT molecular complexity index is 1010. The highest BCUT2D eigenvalue weighted by Crippen LogP contribution is 2.35. The summed E-state index contributed by atoms with van der Waals surface area (Å²) in [7, 11) is -2.29. The molecule has 4 rings (SSSR count). The molecule has 1 amide bonds. The van der Waals surface area contributed by atoms with Crippen molar-refractivity contribution in [3.63, 3.8) is 0 Å². The van der Waals surface area contributed by atoms with E-state index >= 15 is 0 Å². The lowest BCUT2D eigenvalue weighted by molar-refractivity contribution is 0.0932. The van der Waals surface area contributed by atoms with E-state index in [1.54, 1.807) is 6.07 Å². The number of para-hydroxylation sites is 1. The minimum absolute atomic E-state index is 0.0583. The van der Waals surface area contributed by atoms with Gasteiger partial charge in [0.05, 0.1) is 23.3 Å². The third kappa shape index (κ3) is 3.35. The molecule has 0 saturated heterocycles. The summed E-state index contributed by atoms with van der Waals surface area (Å²) in [5.41, 5.74) is 1.95. The Kier molecular flexibility index (Phi) is 4.79. The molecule has 1 saturated carbocycles. The average molecular weight is 401 g/mol. The van der Waals surface area contributed by atoms with Crippen LogP contribution in [0.25, 0.3) is 0 Å². The van der Waals surface area contributed by atoms with E-state index in [0.717, 1.165) is 18.4 Å². The van der Waals surface area contributed by atoms with E-state index in [-0.39, 0.29) is 22.4 Å². The molecular formula is C21H24N2O4S. The summed E-state index contributed by atoms with van der Waals surface area (Å²) < 4.78 is 33.3. The fourth-order valence-corrected chi connectivity index (χ4v) is 5.24. The van der Waals surface area contributed by atoms with E-state index in [1.165, 1.54) is 23.5 Å². The Morgan fingerprint density at radius 3 is 2.68 bits per heavy atom. The van der Waals surface area contributed by atoms with Crippen molar-refractivity contribution in [2.75, 3.05) is 18.0 Å². The third-order valence-electron chi connectivity index (χ3n) is 5.54. The topological polar surface area (TPSA) is 75.7 Å². The van der Waals surface area contributed by atoms with Crippen LogP contribution in [0.15, 0.2) is 47.4 Å². The quantitative estimate of drug-likeness (QED) is 0.809. The molecule has 6 nitrogen and oxygen atoms in total. The van der Waals surface area contributed by atoms with Crippen LogP contribution in [-0.4, -0.2) is 34.0 Å². The molecule has 0 spiro atoms. The number of nitrogens with zero attached hydrogens (tertiary/aromatic N) is 1. The van der Waals surface area contributed by atoms with Gasteiger partial charge in [0.15, 0.2) is 0 Å². The molecule has 1 atom stereocenters. The monoisotopic (exact) mass is 400 g/mol. The second-order valence-electron chi connectivity index (χ2n) is 7.42. The summed E-state index contributed by atoms with van der Waals surface area (Å²) in [5, 5.41) is 2.97. The van der Waals surface area contributed by atoms with Gasteiger partial charge in [-0.2, -0.15) is 0 Å². The zero-order valence-corrected chi connectivity index (χ0v) is 16.8. The summed E-state index contributed by atoms with van der Waals surface area (Å²) in [4.78, 5) is 12.9. The minimum atomic E-state index is -3.77. The smallest absolute Gasteiger partial charge is 0.264 e. The number of benzene rings is 2. The highest BCUT2D eigenvalue weighted by Gasteiger charge is 2.33. The maximum atomic E-state index is 13.3.